The molecular weight excluding hydrogens is 214 g/mol. The minimum Gasteiger partial charge on any atom is -0.481 e. The van der Waals surface area contributed by atoms with Crippen molar-refractivity contribution in [3.05, 3.63) is 35.4 Å². The van der Waals surface area contributed by atoms with Crippen molar-refractivity contribution in [2.45, 2.75) is 26.2 Å². The molecule has 2 rings (SSSR count). The molecule has 3 nitrogen and oxygen atoms in total. The number of carbonyl (C=O) groups is 1. The van der Waals surface area contributed by atoms with Crippen LogP contribution in [0.4, 0.5) is 0 Å². The Hall–Kier alpha value is -1.35. The molecule has 1 aromatic rings. The van der Waals surface area contributed by atoms with Gasteiger partial charge in [-0.15, -0.1) is 0 Å². The van der Waals surface area contributed by atoms with E-state index >= 15 is 0 Å². The Kier molecular flexibility index (Phi) is 3.48. The molecule has 0 radical (unpaired) electrons. The van der Waals surface area contributed by atoms with Crippen molar-refractivity contribution in [3.8, 4) is 0 Å². The van der Waals surface area contributed by atoms with Crippen molar-refractivity contribution >= 4 is 5.97 Å². The zero-order chi connectivity index (χ0) is 12.3. The number of benzene rings is 1. The van der Waals surface area contributed by atoms with Crippen LogP contribution in [0.1, 0.15) is 24.0 Å². The summed E-state index contributed by atoms with van der Waals surface area (Å²) in [6, 6.07) is 8.31. The Balaban J connectivity index is 1.74. The van der Waals surface area contributed by atoms with Crippen LogP contribution in [-0.2, 0) is 11.2 Å². The lowest BCUT2D eigenvalue weighted by Crippen LogP contribution is -2.31. The average molecular weight is 233 g/mol. The first-order valence-corrected chi connectivity index (χ1v) is 6.13. The first-order valence-electron chi connectivity index (χ1n) is 6.13. The molecular formula is C14H19NO2. The minimum absolute atomic E-state index is 0.453. The normalized spacial score (nSPS) is 16.8. The van der Waals surface area contributed by atoms with Crippen LogP contribution in [0, 0.1) is 12.3 Å². The molecule has 0 heterocycles. The van der Waals surface area contributed by atoms with Crippen molar-refractivity contribution in [1.82, 2.24) is 5.32 Å². The number of aliphatic carboxylic acids is 1. The molecule has 2 N–H and O–H groups in total. The molecule has 1 aromatic carbocycles. The second kappa shape index (κ2) is 4.88. The third kappa shape index (κ3) is 2.86. The van der Waals surface area contributed by atoms with Gasteiger partial charge in [-0.05, 0) is 43.9 Å². The van der Waals surface area contributed by atoms with Crippen LogP contribution in [0.5, 0.6) is 0 Å². The molecule has 1 fully saturated rings. The molecule has 0 atom stereocenters. The van der Waals surface area contributed by atoms with Gasteiger partial charge in [0.15, 0.2) is 0 Å². The standard InChI is InChI=1S/C14H19NO2/c1-11-4-2-3-5-12(11)6-9-15-10-14(7-8-14)13(16)17/h2-5,15H,6-10H2,1H3,(H,16,17). The first-order chi connectivity index (χ1) is 8.14. The van der Waals surface area contributed by atoms with Gasteiger partial charge >= 0.3 is 5.97 Å². The number of hydrogen-bond acceptors (Lipinski definition) is 2. The SMILES string of the molecule is Cc1ccccc1CCNCC1(C(=O)O)CC1. The van der Waals surface area contributed by atoms with Gasteiger partial charge in [-0.25, -0.2) is 0 Å². The summed E-state index contributed by atoms with van der Waals surface area (Å²) in [6.45, 7) is 3.56. The van der Waals surface area contributed by atoms with Crippen LogP contribution in [0.3, 0.4) is 0 Å². The van der Waals surface area contributed by atoms with E-state index in [1.165, 1.54) is 11.1 Å². The predicted octanol–water partition coefficient (Wildman–Crippen LogP) is 1.99. The van der Waals surface area contributed by atoms with Crippen molar-refractivity contribution in [3.63, 3.8) is 0 Å². The van der Waals surface area contributed by atoms with Crippen LogP contribution < -0.4 is 5.32 Å². The summed E-state index contributed by atoms with van der Waals surface area (Å²) in [7, 11) is 0. The largest absolute Gasteiger partial charge is 0.481 e. The molecule has 1 saturated carbocycles. The van der Waals surface area contributed by atoms with Gasteiger partial charge in [-0.3, -0.25) is 4.79 Å². The lowest BCUT2D eigenvalue weighted by Gasteiger charge is -2.11. The van der Waals surface area contributed by atoms with Crippen molar-refractivity contribution in [2.75, 3.05) is 13.1 Å². The van der Waals surface area contributed by atoms with E-state index in [0.717, 1.165) is 25.8 Å². The molecule has 0 unspecified atom stereocenters. The highest BCUT2D eigenvalue weighted by Gasteiger charge is 2.49. The maximum absolute atomic E-state index is 11.0. The Morgan fingerprint density at radius 2 is 2.12 bits per heavy atom. The number of rotatable bonds is 6. The summed E-state index contributed by atoms with van der Waals surface area (Å²) >= 11 is 0. The third-order valence-corrected chi connectivity index (χ3v) is 3.60. The van der Waals surface area contributed by atoms with Gasteiger partial charge in [0.1, 0.15) is 0 Å². The van der Waals surface area contributed by atoms with Crippen LogP contribution in [-0.4, -0.2) is 24.2 Å². The van der Waals surface area contributed by atoms with E-state index in [0.29, 0.717) is 6.54 Å². The van der Waals surface area contributed by atoms with Gasteiger partial charge in [-0.1, -0.05) is 24.3 Å². The molecule has 1 aliphatic carbocycles. The Bertz CT molecular complexity index is 410. The lowest BCUT2D eigenvalue weighted by molar-refractivity contribution is -0.143. The molecule has 0 bridgehead atoms. The maximum Gasteiger partial charge on any atom is 0.310 e. The molecule has 0 saturated heterocycles. The quantitative estimate of drug-likeness (QED) is 0.739. The van der Waals surface area contributed by atoms with Gasteiger partial charge < -0.3 is 10.4 Å². The molecule has 0 spiro atoms. The first kappa shape index (κ1) is 12.1. The lowest BCUT2D eigenvalue weighted by atomic mass is 10.1. The summed E-state index contributed by atoms with van der Waals surface area (Å²) in [5.74, 6) is -0.652. The van der Waals surface area contributed by atoms with Gasteiger partial charge in [-0.2, -0.15) is 0 Å². The van der Waals surface area contributed by atoms with Crippen molar-refractivity contribution in [2.24, 2.45) is 5.41 Å². The molecule has 0 aliphatic heterocycles. The Morgan fingerprint density at radius 1 is 1.41 bits per heavy atom. The van der Waals surface area contributed by atoms with E-state index in [1.807, 2.05) is 12.1 Å². The molecule has 0 amide bonds. The van der Waals surface area contributed by atoms with Crippen LogP contribution in [0.15, 0.2) is 24.3 Å². The average Bonchev–Trinajstić information content (AvgIpc) is 3.08. The topological polar surface area (TPSA) is 49.3 Å². The number of hydrogen-bond donors (Lipinski definition) is 2. The number of carboxylic acid groups (broad SMARTS) is 1. The molecule has 0 aromatic heterocycles. The summed E-state index contributed by atoms with van der Waals surface area (Å²) in [5.41, 5.74) is 2.18. The summed E-state index contributed by atoms with van der Waals surface area (Å²) in [5, 5.41) is 12.3. The summed E-state index contributed by atoms with van der Waals surface area (Å²) < 4.78 is 0. The highest BCUT2D eigenvalue weighted by atomic mass is 16.4. The maximum atomic E-state index is 11.0. The summed E-state index contributed by atoms with van der Waals surface area (Å²) in [6.07, 6.45) is 2.60. The monoisotopic (exact) mass is 233 g/mol. The highest BCUT2D eigenvalue weighted by molar-refractivity contribution is 5.78. The van der Waals surface area contributed by atoms with E-state index in [-0.39, 0.29) is 0 Å². The predicted molar refractivity (Wildman–Crippen MR) is 67.1 cm³/mol. The zero-order valence-corrected chi connectivity index (χ0v) is 10.2. The molecule has 1 aliphatic rings. The van der Waals surface area contributed by atoms with Gasteiger partial charge in [0.05, 0.1) is 5.41 Å². The number of carboxylic acids is 1. The van der Waals surface area contributed by atoms with Crippen LogP contribution in [0.2, 0.25) is 0 Å². The zero-order valence-electron chi connectivity index (χ0n) is 10.2. The number of aryl methyl sites for hydroxylation is 1. The van der Waals surface area contributed by atoms with E-state index < -0.39 is 11.4 Å². The van der Waals surface area contributed by atoms with Crippen LogP contribution in [0.25, 0.3) is 0 Å². The third-order valence-electron chi connectivity index (χ3n) is 3.60. The fraction of sp³-hybridized carbons (Fsp3) is 0.500. The van der Waals surface area contributed by atoms with Gasteiger partial charge in [0, 0.05) is 6.54 Å². The molecule has 3 heteroatoms. The van der Waals surface area contributed by atoms with Crippen molar-refractivity contribution < 1.29 is 9.90 Å². The summed E-state index contributed by atoms with van der Waals surface area (Å²) in [4.78, 5) is 11.0. The minimum atomic E-state index is -0.652. The Morgan fingerprint density at radius 3 is 2.71 bits per heavy atom. The van der Waals surface area contributed by atoms with Gasteiger partial charge in [0.2, 0.25) is 0 Å². The second-order valence-corrected chi connectivity index (χ2v) is 4.94. The molecule has 92 valence electrons. The fourth-order valence-corrected chi connectivity index (χ4v) is 2.06. The van der Waals surface area contributed by atoms with E-state index in [9.17, 15) is 4.79 Å². The second-order valence-electron chi connectivity index (χ2n) is 4.94. The van der Waals surface area contributed by atoms with Crippen molar-refractivity contribution in [1.29, 1.82) is 0 Å². The molecule has 17 heavy (non-hydrogen) atoms. The van der Waals surface area contributed by atoms with E-state index in [4.69, 9.17) is 5.11 Å². The highest BCUT2D eigenvalue weighted by Crippen LogP contribution is 2.45. The van der Waals surface area contributed by atoms with Crippen LogP contribution >= 0.6 is 0 Å². The Labute approximate surface area is 102 Å². The fourth-order valence-electron chi connectivity index (χ4n) is 2.06. The number of nitrogens with one attached hydrogen (secondary N) is 1. The van der Waals surface area contributed by atoms with Gasteiger partial charge in [0.25, 0.3) is 0 Å². The van der Waals surface area contributed by atoms with E-state index in [2.05, 4.69) is 24.4 Å². The smallest absolute Gasteiger partial charge is 0.310 e. The van der Waals surface area contributed by atoms with E-state index in [1.54, 1.807) is 0 Å².